The van der Waals surface area contributed by atoms with Gasteiger partial charge in [-0.05, 0) is 61.4 Å². The molecule has 0 spiro atoms. The Kier molecular flexibility index (Phi) is 6.64. The van der Waals surface area contributed by atoms with Crippen molar-refractivity contribution in [3.8, 4) is 0 Å². The highest BCUT2D eigenvalue weighted by atomic mass is 19.1. The molecule has 1 aliphatic heterocycles. The SMILES string of the molecule is Cc1cc(C2CCC(C(=O)NCc3cccnc3)CN2C(=O)C2CCCC2)ccc1F. The summed E-state index contributed by atoms with van der Waals surface area (Å²) in [6, 6.07) is 8.78. The smallest absolute Gasteiger partial charge is 0.226 e. The highest BCUT2D eigenvalue weighted by Crippen LogP contribution is 2.37. The molecule has 1 saturated heterocycles. The first-order chi connectivity index (χ1) is 15.0. The van der Waals surface area contributed by atoms with Crippen LogP contribution in [0.15, 0.2) is 42.7 Å². The summed E-state index contributed by atoms with van der Waals surface area (Å²) in [6.45, 7) is 2.59. The number of aryl methyl sites for hydroxylation is 1. The monoisotopic (exact) mass is 423 g/mol. The van der Waals surface area contributed by atoms with Crippen LogP contribution in [0.2, 0.25) is 0 Å². The summed E-state index contributed by atoms with van der Waals surface area (Å²) in [7, 11) is 0. The van der Waals surface area contributed by atoms with Crippen LogP contribution in [0.5, 0.6) is 0 Å². The van der Waals surface area contributed by atoms with Gasteiger partial charge in [0.1, 0.15) is 5.82 Å². The first-order valence-corrected chi connectivity index (χ1v) is 11.3. The number of hydrogen-bond donors (Lipinski definition) is 1. The van der Waals surface area contributed by atoms with E-state index in [0.717, 1.165) is 36.8 Å². The lowest BCUT2D eigenvalue weighted by Crippen LogP contribution is -2.48. The van der Waals surface area contributed by atoms with Gasteiger partial charge in [0.25, 0.3) is 0 Å². The first-order valence-electron chi connectivity index (χ1n) is 11.3. The normalized spacial score (nSPS) is 21.8. The van der Waals surface area contributed by atoms with Gasteiger partial charge in [-0.3, -0.25) is 14.6 Å². The van der Waals surface area contributed by atoms with Gasteiger partial charge in [0.05, 0.1) is 12.0 Å². The number of nitrogens with zero attached hydrogens (tertiary/aromatic N) is 2. The molecule has 2 atom stereocenters. The average Bonchev–Trinajstić information content (AvgIpc) is 3.34. The molecule has 1 N–H and O–H groups in total. The lowest BCUT2D eigenvalue weighted by Gasteiger charge is -2.41. The predicted molar refractivity (Wildman–Crippen MR) is 116 cm³/mol. The van der Waals surface area contributed by atoms with Gasteiger partial charge < -0.3 is 10.2 Å². The van der Waals surface area contributed by atoms with Gasteiger partial charge in [-0.1, -0.05) is 31.0 Å². The van der Waals surface area contributed by atoms with E-state index in [4.69, 9.17) is 0 Å². The number of aromatic nitrogens is 1. The minimum Gasteiger partial charge on any atom is -0.352 e. The third-order valence-corrected chi connectivity index (χ3v) is 6.70. The fourth-order valence-corrected chi connectivity index (χ4v) is 4.89. The second kappa shape index (κ2) is 9.58. The largest absolute Gasteiger partial charge is 0.352 e. The maximum Gasteiger partial charge on any atom is 0.226 e. The van der Waals surface area contributed by atoms with Crippen LogP contribution in [0.1, 0.15) is 61.3 Å². The minimum atomic E-state index is -0.236. The predicted octanol–water partition coefficient (Wildman–Crippen LogP) is 4.32. The summed E-state index contributed by atoms with van der Waals surface area (Å²) < 4.78 is 13.8. The molecule has 2 amide bonds. The molecule has 164 valence electrons. The van der Waals surface area contributed by atoms with Gasteiger partial charge in [-0.15, -0.1) is 0 Å². The summed E-state index contributed by atoms with van der Waals surface area (Å²) in [5.41, 5.74) is 2.49. The van der Waals surface area contributed by atoms with Crippen molar-refractivity contribution >= 4 is 11.8 Å². The Morgan fingerprint density at radius 3 is 2.65 bits per heavy atom. The topological polar surface area (TPSA) is 62.3 Å². The Bertz CT molecular complexity index is 928. The second-order valence-electron chi connectivity index (χ2n) is 8.85. The fourth-order valence-electron chi connectivity index (χ4n) is 4.89. The number of likely N-dealkylation sites (tertiary alicyclic amines) is 1. The standard InChI is InChI=1S/C25H30FN3O2/c1-17-13-20(8-10-22(17)26)23-11-9-21(16-29(23)25(31)19-6-2-3-7-19)24(30)28-15-18-5-4-12-27-14-18/h4-5,8,10,12-14,19,21,23H,2-3,6-7,9,11,15-16H2,1H3,(H,28,30). The zero-order valence-electron chi connectivity index (χ0n) is 18.0. The molecule has 0 radical (unpaired) electrons. The van der Waals surface area contributed by atoms with Crippen molar-refractivity contribution in [2.75, 3.05) is 6.54 Å². The van der Waals surface area contributed by atoms with Crippen LogP contribution >= 0.6 is 0 Å². The van der Waals surface area contributed by atoms with Crippen molar-refractivity contribution < 1.29 is 14.0 Å². The third-order valence-electron chi connectivity index (χ3n) is 6.70. The van der Waals surface area contributed by atoms with Crippen LogP contribution in [0.3, 0.4) is 0 Å². The molecule has 31 heavy (non-hydrogen) atoms. The Morgan fingerprint density at radius 2 is 1.94 bits per heavy atom. The van der Waals surface area contributed by atoms with Crippen molar-refractivity contribution in [1.82, 2.24) is 15.2 Å². The number of piperidine rings is 1. The number of hydrogen-bond acceptors (Lipinski definition) is 3. The van der Waals surface area contributed by atoms with Crippen molar-refractivity contribution in [3.63, 3.8) is 0 Å². The number of amides is 2. The van der Waals surface area contributed by atoms with Crippen LogP contribution in [-0.4, -0.2) is 28.2 Å². The summed E-state index contributed by atoms with van der Waals surface area (Å²) >= 11 is 0. The maximum atomic E-state index is 13.8. The molecule has 2 aliphatic rings. The van der Waals surface area contributed by atoms with E-state index in [0.29, 0.717) is 31.5 Å². The summed E-state index contributed by atoms with van der Waals surface area (Å²) in [4.78, 5) is 32.3. The molecule has 1 aliphatic carbocycles. The van der Waals surface area contributed by atoms with Crippen LogP contribution in [0.4, 0.5) is 4.39 Å². The van der Waals surface area contributed by atoms with E-state index in [1.54, 1.807) is 25.4 Å². The molecule has 2 heterocycles. The number of pyridine rings is 1. The first kappa shape index (κ1) is 21.5. The molecule has 2 aromatic rings. The van der Waals surface area contributed by atoms with Crippen LogP contribution in [0.25, 0.3) is 0 Å². The lowest BCUT2D eigenvalue weighted by atomic mass is 9.86. The van der Waals surface area contributed by atoms with E-state index >= 15 is 0 Å². The van der Waals surface area contributed by atoms with E-state index in [1.165, 1.54) is 6.07 Å². The zero-order valence-corrected chi connectivity index (χ0v) is 18.0. The Balaban J connectivity index is 1.49. The molecule has 4 rings (SSSR count). The zero-order chi connectivity index (χ0) is 21.8. The van der Waals surface area contributed by atoms with Crippen molar-refractivity contribution in [1.29, 1.82) is 0 Å². The molecular formula is C25H30FN3O2. The van der Waals surface area contributed by atoms with Gasteiger partial charge in [-0.25, -0.2) is 4.39 Å². The van der Waals surface area contributed by atoms with E-state index in [1.807, 2.05) is 23.1 Å². The van der Waals surface area contributed by atoms with Crippen molar-refractivity contribution in [2.45, 2.75) is 58.0 Å². The van der Waals surface area contributed by atoms with Gasteiger partial charge in [0.2, 0.25) is 11.8 Å². The number of carbonyl (C=O) groups is 2. The van der Waals surface area contributed by atoms with E-state index in [9.17, 15) is 14.0 Å². The van der Waals surface area contributed by atoms with E-state index in [2.05, 4.69) is 10.3 Å². The summed E-state index contributed by atoms with van der Waals surface area (Å²) in [5.74, 6) is -0.307. The third kappa shape index (κ3) is 4.94. The van der Waals surface area contributed by atoms with Crippen molar-refractivity contribution in [3.05, 3.63) is 65.2 Å². The molecule has 1 aromatic heterocycles. The summed E-state index contributed by atoms with van der Waals surface area (Å²) in [5, 5.41) is 3.00. The van der Waals surface area contributed by atoms with Crippen LogP contribution in [0, 0.1) is 24.6 Å². The second-order valence-corrected chi connectivity index (χ2v) is 8.85. The van der Waals surface area contributed by atoms with Gasteiger partial charge >= 0.3 is 0 Å². The van der Waals surface area contributed by atoms with Crippen molar-refractivity contribution in [2.24, 2.45) is 11.8 Å². The maximum absolute atomic E-state index is 13.8. The molecule has 1 saturated carbocycles. The Morgan fingerprint density at radius 1 is 1.13 bits per heavy atom. The van der Waals surface area contributed by atoms with Crippen LogP contribution in [-0.2, 0) is 16.1 Å². The van der Waals surface area contributed by atoms with Crippen LogP contribution < -0.4 is 5.32 Å². The number of carbonyl (C=O) groups excluding carboxylic acids is 2. The number of benzene rings is 1. The van der Waals surface area contributed by atoms with Gasteiger partial charge in [0, 0.05) is 31.4 Å². The lowest BCUT2D eigenvalue weighted by molar-refractivity contribution is -0.142. The fraction of sp³-hybridized carbons (Fsp3) is 0.480. The van der Waals surface area contributed by atoms with Gasteiger partial charge in [-0.2, -0.15) is 0 Å². The highest BCUT2D eigenvalue weighted by Gasteiger charge is 2.38. The number of halogens is 1. The Labute approximate surface area is 183 Å². The van der Waals surface area contributed by atoms with Gasteiger partial charge in [0.15, 0.2) is 0 Å². The molecule has 2 unspecified atom stereocenters. The molecule has 6 heteroatoms. The Hall–Kier alpha value is -2.76. The molecule has 0 bridgehead atoms. The average molecular weight is 424 g/mol. The van der Waals surface area contributed by atoms with E-state index < -0.39 is 0 Å². The molecule has 1 aromatic carbocycles. The molecular weight excluding hydrogens is 393 g/mol. The number of rotatable bonds is 5. The highest BCUT2D eigenvalue weighted by molar-refractivity contribution is 5.83. The summed E-state index contributed by atoms with van der Waals surface area (Å²) in [6.07, 6.45) is 8.85. The number of nitrogens with one attached hydrogen (secondary N) is 1. The van der Waals surface area contributed by atoms with E-state index in [-0.39, 0.29) is 35.5 Å². The minimum absolute atomic E-state index is 0.0261. The quantitative estimate of drug-likeness (QED) is 0.779. The molecule has 2 fully saturated rings. The molecule has 5 nitrogen and oxygen atoms in total.